The summed E-state index contributed by atoms with van der Waals surface area (Å²) in [6.07, 6.45) is 10.4. The molecule has 0 radical (unpaired) electrons. The molecule has 5 heteroatoms. The Labute approximate surface area is 148 Å². The summed E-state index contributed by atoms with van der Waals surface area (Å²) >= 11 is 0. The number of carboxylic acid groups (broad SMARTS) is 2. The minimum Gasteiger partial charge on any atom is -0.478 e. The van der Waals surface area contributed by atoms with Crippen LogP contribution in [0.25, 0.3) is 6.08 Å². The Morgan fingerprint density at radius 1 is 0.960 bits per heavy atom. The largest absolute Gasteiger partial charge is 0.478 e. The average molecular weight is 343 g/mol. The molecule has 1 aromatic carbocycles. The van der Waals surface area contributed by atoms with Gasteiger partial charge < -0.3 is 10.2 Å². The maximum absolute atomic E-state index is 9.55. The molecule has 0 aromatic heterocycles. The van der Waals surface area contributed by atoms with Crippen LogP contribution < -0.4 is 0 Å². The van der Waals surface area contributed by atoms with Crippen LogP contribution in [0.15, 0.2) is 48.1 Å². The third kappa shape index (κ3) is 6.55. The van der Waals surface area contributed by atoms with Crippen LogP contribution >= 0.6 is 0 Å². The van der Waals surface area contributed by atoms with Gasteiger partial charge in [0.2, 0.25) is 0 Å². The van der Waals surface area contributed by atoms with Gasteiger partial charge in [-0.3, -0.25) is 4.90 Å². The summed E-state index contributed by atoms with van der Waals surface area (Å²) in [5, 5.41) is 15.6. The summed E-state index contributed by atoms with van der Waals surface area (Å²) in [5.74, 6) is -2.51. The first kappa shape index (κ1) is 18.9. The summed E-state index contributed by atoms with van der Waals surface area (Å²) in [7, 11) is 0. The van der Waals surface area contributed by atoms with Gasteiger partial charge in [-0.1, -0.05) is 48.4 Å². The lowest BCUT2D eigenvalue weighted by Crippen LogP contribution is -2.46. The molecule has 5 nitrogen and oxygen atoms in total. The summed E-state index contributed by atoms with van der Waals surface area (Å²) in [6.45, 7) is 2.63. The van der Waals surface area contributed by atoms with E-state index in [2.05, 4.69) is 41.3 Å². The molecule has 2 fully saturated rings. The summed E-state index contributed by atoms with van der Waals surface area (Å²) in [6, 6.07) is 11.5. The van der Waals surface area contributed by atoms with Gasteiger partial charge in [0.05, 0.1) is 0 Å². The van der Waals surface area contributed by atoms with Gasteiger partial charge in [-0.2, -0.15) is 0 Å². The highest BCUT2D eigenvalue weighted by Gasteiger charge is 2.28. The molecular weight excluding hydrogens is 318 g/mol. The molecule has 1 saturated carbocycles. The Kier molecular flexibility index (Phi) is 7.41. The van der Waals surface area contributed by atoms with Crippen molar-refractivity contribution in [3.05, 3.63) is 53.6 Å². The SMILES string of the molecule is C(=C1CCCCC1N1CCC1)c1ccccc1.O=C(O)C=CC(=O)O. The molecule has 2 aliphatic rings. The van der Waals surface area contributed by atoms with Crippen molar-refractivity contribution in [2.24, 2.45) is 0 Å². The molecule has 0 bridgehead atoms. The smallest absolute Gasteiger partial charge is 0.328 e. The molecule has 0 spiro atoms. The highest BCUT2D eigenvalue weighted by molar-refractivity contribution is 5.89. The normalized spacial score (nSPS) is 22.1. The quantitative estimate of drug-likeness (QED) is 0.819. The van der Waals surface area contributed by atoms with E-state index in [1.54, 1.807) is 5.57 Å². The zero-order valence-electron chi connectivity index (χ0n) is 14.3. The van der Waals surface area contributed by atoms with Gasteiger partial charge in [0.15, 0.2) is 0 Å². The second kappa shape index (κ2) is 9.79. The Hall–Kier alpha value is -2.40. The molecule has 1 heterocycles. The van der Waals surface area contributed by atoms with Gasteiger partial charge in [-0.05, 0) is 44.3 Å². The standard InChI is InChI=1S/C16H21N.C4H4O4/c1-2-7-14(8-3-1)13-15-9-4-5-10-16(15)17-11-6-12-17;5-3(6)1-2-4(7)8/h1-3,7-8,13,16H,4-6,9-12H2;1-2H,(H,5,6)(H,7,8). The highest BCUT2D eigenvalue weighted by atomic mass is 16.4. The van der Waals surface area contributed by atoms with E-state index >= 15 is 0 Å². The monoisotopic (exact) mass is 343 g/mol. The Balaban J connectivity index is 0.000000242. The van der Waals surface area contributed by atoms with E-state index in [0.29, 0.717) is 12.2 Å². The van der Waals surface area contributed by atoms with Crippen molar-refractivity contribution in [2.75, 3.05) is 13.1 Å². The number of hydrogen-bond donors (Lipinski definition) is 2. The fourth-order valence-corrected chi connectivity index (χ4v) is 3.16. The zero-order chi connectivity index (χ0) is 18.1. The first-order valence-corrected chi connectivity index (χ1v) is 8.70. The molecule has 1 atom stereocenters. The van der Waals surface area contributed by atoms with E-state index in [1.165, 1.54) is 50.8 Å². The lowest BCUT2D eigenvalue weighted by atomic mass is 9.86. The van der Waals surface area contributed by atoms with Gasteiger partial charge in [0.1, 0.15) is 0 Å². The zero-order valence-corrected chi connectivity index (χ0v) is 14.3. The number of carboxylic acids is 2. The lowest BCUT2D eigenvalue weighted by Gasteiger charge is -2.42. The van der Waals surface area contributed by atoms with E-state index in [9.17, 15) is 9.59 Å². The van der Waals surface area contributed by atoms with Gasteiger partial charge in [0, 0.05) is 18.2 Å². The van der Waals surface area contributed by atoms with Crippen molar-refractivity contribution in [3.8, 4) is 0 Å². The molecule has 0 amide bonds. The van der Waals surface area contributed by atoms with Crippen LogP contribution in [0.3, 0.4) is 0 Å². The molecule has 1 unspecified atom stereocenters. The van der Waals surface area contributed by atoms with Crippen molar-refractivity contribution in [2.45, 2.75) is 38.1 Å². The third-order valence-electron chi connectivity index (χ3n) is 4.47. The number of nitrogens with zero attached hydrogens (tertiary/aromatic N) is 1. The predicted octanol–water partition coefficient (Wildman–Crippen LogP) is 3.43. The Morgan fingerprint density at radius 2 is 1.60 bits per heavy atom. The molecular formula is C20H25NO4. The minimum atomic E-state index is -1.26. The van der Waals surface area contributed by atoms with Gasteiger partial charge in [0.25, 0.3) is 0 Å². The molecule has 2 N–H and O–H groups in total. The second-order valence-electron chi connectivity index (χ2n) is 6.29. The maximum atomic E-state index is 9.55. The Morgan fingerprint density at radius 3 is 2.12 bits per heavy atom. The maximum Gasteiger partial charge on any atom is 0.328 e. The van der Waals surface area contributed by atoms with Crippen molar-refractivity contribution in [1.29, 1.82) is 0 Å². The first-order valence-electron chi connectivity index (χ1n) is 8.70. The molecule has 3 rings (SSSR count). The van der Waals surface area contributed by atoms with Crippen LogP contribution in [0, 0.1) is 0 Å². The number of benzene rings is 1. The summed E-state index contributed by atoms with van der Waals surface area (Å²) in [5.41, 5.74) is 3.04. The molecule has 134 valence electrons. The molecule has 1 aromatic rings. The molecule has 1 saturated heterocycles. The topological polar surface area (TPSA) is 77.8 Å². The summed E-state index contributed by atoms with van der Waals surface area (Å²) < 4.78 is 0. The molecule has 1 aliphatic carbocycles. The number of carbonyl (C=O) groups is 2. The van der Waals surface area contributed by atoms with E-state index in [1.807, 2.05) is 0 Å². The number of hydrogen-bond acceptors (Lipinski definition) is 3. The lowest BCUT2D eigenvalue weighted by molar-refractivity contribution is -0.134. The van der Waals surface area contributed by atoms with E-state index in [4.69, 9.17) is 10.2 Å². The second-order valence-corrected chi connectivity index (χ2v) is 6.29. The fraction of sp³-hybridized carbons (Fsp3) is 0.400. The van der Waals surface area contributed by atoms with Crippen molar-refractivity contribution >= 4 is 18.0 Å². The minimum absolute atomic E-state index is 0.558. The van der Waals surface area contributed by atoms with E-state index in [0.717, 1.165) is 6.04 Å². The van der Waals surface area contributed by atoms with Crippen LogP contribution in [0.1, 0.15) is 37.7 Å². The van der Waals surface area contributed by atoms with Gasteiger partial charge >= 0.3 is 11.9 Å². The fourth-order valence-electron chi connectivity index (χ4n) is 3.16. The van der Waals surface area contributed by atoms with Crippen molar-refractivity contribution in [3.63, 3.8) is 0 Å². The number of aliphatic carboxylic acids is 2. The highest BCUT2D eigenvalue weighted by Crippen LogP contribution is 2.31. The van der Waals surface area contributed by atoms with Crippen LogP contribution in [0.4, 0.5) is 0 Å². The van der Waals surface area contributed by atoms with Crippen LogP contribution in [0.2, 0.25) is 0 Å². The van der Waals surface area contributed by atoms with E-state index < -0.39 is 11.9 Å². The number of likely N-dealkylation sites (tertiary alicyclic amines) is 1. The van der Waals surface area contributed by atoms with Gasteiger partial charge in [-0.15, -0.1) is 0 Å². The number of rotatable bonds is 4. The summed E-state index contributed by atoms with van der Waals surface area (Å²) in [4.78, 5) is 21.8. The van der Waals surface area contributed by atoms with E-state index in [-0.39, 0.29) is 0 Å². The van der Waals surface area contributed by atoms with Crippen LogP contribution in [-0.4, -0.2) is 46.2 Å². The third-order valence-corrected chi connectivity index (χ3v) is 4.47. The Bertz CT molecular complexity index is 616. The average Bonchev–Trinajstić information content (AvgIpc) is 2.55. The predicted molar refractivity (Wildman–Crippen MR) is 97.3 cm³/mol. The van der Waals surface area contributed by atoms with Crippen molar-refractivity contribution in [1.82, 2.24) is 4.90 Å². The van der Waals surface area contributed by atoms with Crippen molar-refractivity contribution < 1.29 is 19.8 Å². The van der Waals surface area contributed by atoms with Crippen LogP contribution in [0.5, 0.6) is 0 Å². The van der Waals surface area contributed by atoms with Gasteiger partial charge in [-0.25, -0.2) is 9.59 Å². The molecule has 25 heavy (non-hydrogen) atoms. The molecule has 1 aliphatic heterocycles. The van der Waals surface area contributed by atoms with Crippen LogP contribution in [-0.2, 0) is 9.59 Å². The first-order chi connectivity index (χ1) is 12.1.